The molecule has 0 aromatic heterocycles. The van der Waals surface area contributed by atoms with E-state index in [0.717, 1.165) is 11.3 Å². The summed E-state index contributed by atoms with van der Waals surface area (Å²) in [5.74, 6) is 0.899. The van der Waals surface area contributed by atoms with Crippen molar-refractivity contribution < 1.29 is 9.94 Å². The maximum Gasteiger partial charge on any atom is 0.233 e. The van der Waals surface area contributed by atoms with Crippen LogP contribution >= 0.6 is 0 Å². The number of guanidine groups is 1. The van der Waals surface area contributed by atoms with Crippen molar-refractivity contribution in [2.45, 2.75) is 6.54 Å². The van der Waals surface area contributed by atoms with Crippen molar-refractivity contribution in [3.05, 3.63) is 29.8 Å². The topological polar surface area (TPSA) is 71.1 Å². The second-order valence-corrected chi connectivity index (χ2v) is 3.16. The van der Waals surface area contributed by atoms with Crippen LogP contribution in [0.15, 0.2) is 29.4 Å². The van der Waals surface area contributed by atoms with Crippen LogP contribution in [0.4, 0.5) is 0 Å². The predicted octanol–water partition coefficient (Wildman–Crippen LogP) is 0.831. The summed E-state index contributed by atoms with van der Waals surface area (Å²) < 4.78 is 5.04. The molecule has 0 fully saturated rings. The van der Waals surface area contributed by atoms with Crippen molar-refractivity contribution in [3.8, 4) is 5.75 Å². The van der Waals surface area contributed by atoms with Gasteiger partial charge in [0, 0.05) is 13.6 Å². The van der Waals surface area contributed by atoms with Crippen molar-refractivity contribution in [2.24, 2.45) is 10.9 Å². The van der Waals surface area contributed by atoms with Gasteiger partial charge in [0.05, 0.1) is 7.11 Å². The molecule has 5 heteroatoms. The molecule has 1 rings (SSSR count). The number of nitrogens with two attached hydrogens (primary N) is 1. The second-order valence-electron chi connectivity index (χ2n) is 3.16. The highest BCUT2D eigenvalue weighted by Crippen LogP contribution is 2.12. The Morgan fingerprint density at radius 3 is 2.53 bits per heavy atom. The summed E-state index contributed by atoms with van der Waals surface area (Å²) in [6, 6.07) is 7.60. The molecule has 0 amide bonds. The zero-order valence-corrected chi connectivity index (χ0v) is 8.84. The molecule has 0 aliphatic carbocycles. The largest absolute Gasteiger partial charge is 0.497 e. The average molecular weight is 209 g/mol. The van der Waals surface area contributed by atoms with Gasteiger partial charge < -0.3 is 20.6 Å². The molecule has 0 atom stereocenters. The van der Waals surface area contributed by atoms with Gasteiger partial charge in [-0.3, -0.25) is 0 Å². The maximum absolute atomic E-state index is 8.47. The smallest absolute Gasteiger partial charge is 0.233 e. The first-order valence-electron chi connectivity index (χ1n) is 4.49. The first-order valence-corrected chi connectivity index (χ1v) is 4.49. The van der Waals surface area contributed by atoms with E-state index in [4.69, 9.17) is 15.7 Å². The molecule has 3 N–H and O–H groups in total. The lowest BCUT2D eigenvalue weighted by Gasteiger charge is -2.16. The lowest BCUT2D eigenvalue weighted by atomic mass is 10.2. The molecule has 0 saturated carbocycles. The van der Waals surface area contributed by atoms with E-state index >= 15 is 0 Å². The van der Waals surface area contributed by atoms with Gasteiger partial charge in [0.15, 0.2) is 0 Å². The van der Waals surface area contributed by atoms with Crippen molar-refractivity contribution in [1.29, 1.82) is 0 Å². The predicted molar refractivity (Wildman–Crippen MR) is 57.9 cm³/mol. The van der Waals surface area contributed by atoms with Crippen LogP contribution in [0.3, 0.4) is 0 Å². The van der Waals surface area contributed by atoms with Crippen LogP contribution in [-0.4, -0.2) is 30.2 Å². The van der Waals surface area contributed by atoms with Gasteiger partial charge in [-0.15, -0.1) is 0 Å². The molecule has 5 nitrogen and oxygen atoms in total. The number of nitrogens with zero attached hydrogens (tertiary/aromatic N) is 2. The molecule has 0 radical (unpaired) electrons. The molecule has 0 bridgehead atoms. The number of hydrogen-bond acceptors (Lipinski definition) is 3. The lowest BCUT2D eigenvalue weighted by Crippen LogP contribution is -2.33. The molecule has 0 aliphatic rings. The number of oxime groups is 1. The molecule has 0 aliphatic heterocycles. The highest BCUT2D eigenvalue weighted by atomic mass is 16.5. The molecule has 0 saturated heterocycles. The third kappa shape index (κ3) is 3.05. The molecule has 0 heterocycles. The second kappa shape index (κ2) is 5.09. The monoisotopic (exact) mass is 209 g/mol. The zero-order valence-electron chi connectivity index (χ0n) is 8.84. The minimum atomic E-state index is 0.0887. The van der Waals surface area contributed by atoms with E-state index in [2.05, 4.69) is 5.16 Å². The summed E-state index contributed by atoms with van der Waals surface area (Å²) >= 11 is 0. The van der Waals surface area contributed by atoms with E-state index in [1.165, 1.54) is 0 Å². The van der Waals surface area contributed by atoms with E-state index in [-0.39, 0.29) is 5.96 Å². The Morgan fingerprint density at radius 2 is 2.07 bits per heavy atom. The molecule has 82 valence electrons. The van der Waals surface area contributed by atoms with Crippen LogP contribution in [0.25, 0.3) is 0 Å². The Bertz CT molecular complexity index is 335. The molecule has 1 aromatic carbocycles. The molecular weight excluding hydrogens is 194 g/mol. The normalized spacial score (nSPS) is 11.2. The molecular formula is C10H15N3O2. The Balaban J connectivity index is 2.65. The fraction of sp³-hybridized carbons (Fsp3) is 0.300. The number of hydrogen-bond donors (Lipinski definition) is 2. The van der Waals surface area contributed by atoms with Crippen LogP contribution in [0.2, 0.25) is 0 Å². The molecule has 15 heavy (non-hydrogen) atoms. The maximum atomic E-state index is 8.47. The number of benzene rings is 1. The number of ether oxygens (including phenoxy) is 1. The highest BCUT2D eigenvalue weighted by Gasteiger charge is 2.03. The van der Waals surface area contributed by atoms with E-state index in [9.17, 15) is 0 Å². The van der Waals surface area contributed by atoms with E-state index in [1.54, 1.807) is 19.1 Å². The number of rotatable bonds is 3. The molecule has 0 spiro atoms. The van der Waals surface area contributed by atoms with Crippen LogP contribution < -0.4 is 10.5 Å². The lowest BCUT2D eigenvalue weighted by molar-refractivity contribution is 0.304. The zero-order chi connectivity index (χ0) is 11.3. The van der Waals surface area contributed by atoms with Gasteiger partial charge in [-0.05, 0) is 17.7 Å². The van der Waals surface area contributed by atoms with Gasteiger partial charge in [0.1, 0.15) is 5.75 Å². The van der Waals surface area contributed by atoms with Crippen molar-refractivity contribution >= 4 is 5.96 Å². The average Bonchev–Trinajstić information content (AvgIpc) is 2.29. The Morgan fingerprint density at radius 1 is 1.47 bits per heavy atom. The van der Waals surface area contributed by atoms with Crippen molar-refractivity contribution in [2.75, 3.05) is 14.2 Å². The van der Waals surface area contributed by atoms with E-state index in [0.29, 0.717) is 6.54 Å². The van der Waals surface area contributed by atoms with Crippen LogP contribution in [0.5, 0.6) is 5.75 Å². The van der Waals surface area contributed by atoms with Gasteiger partial charge in [0.2, 0.25) is 5.96 Å². The van der Waals surface area contributed by atoms with Crippen LogP contribution in [-0.2, 0) is 6.54 Å². The van der Waals surface area contributed by atoms with Gasteiger partial charge in [-0.25, -0.2) is 0 Å². The summed E-state index contributed by atoms with van der Waals surface area (Å²) in [5.41, 5.74) is 6.48. The van der Waals surface area contributed by atoms with Gasteiger partial charge in [-0.2, -0.15) is 0 Å². The standard InChI is InChI=1S/C10H15N3O2/c1-13(10(11)12-14)7-8-3-5-9(15-2)6-4-8/h3-6,14H,7H2,1-2H3,(H2,11,12). The Hall–Kier alpha value is -1.91. The molecule has 1 aromatic rings. The minimum Gasteiger partial charge on any atom is -0.497 e. The number of methoxy groups -OCH3 is 1. The van der Waals surface area contributed by atoms with Crippen molar-refractivity contribution in [1.82, 2.24) is 4.90 Å². The van der Waals surface area contributed by atoms with E-state index in [1.807, 2.05) is 24.3 Å². The quantitative estimate of drug-likeness (QED) is 0.335. The first-order chi connectivity index (χ1) is 7.17. The third-order valence-electron chi connectivity index (χ3n) is 2.07. The summed E-state index contributed by atoms with van der Waals surface area (Å²) in [7, 11) is 3.37. The summed E-state index contributed by atoms with van der Waals surface area (Å²) in [4.78, 5) is 1.64. The fourth-order valence-electron chi connectivity index (χ4n) is 1.16. The SMILES string of the molecule is COc1ccc(CN(C)C(N)=NO)cc1. The van der Waals surface area contributed by atoms with Crippen LogP contribution in [0.1, 0.15) is 5.56 Å². The first kappa shape index (κ1) is 11.2. The summed E-state index contributed by atoms with van der Waals surface area (Å²) in [6.07, 6.45) is 0. The van der Waals surface area contributed by atoms with Gasteiger partial charge in [-0.1, -0.05) is 17.3 Å². The van der Waals surface area contributed by atoms with E-state index < -0.39 is 0 Å². The Kier molecular flexibility index (Phi) is 3.79. The minimum absolute atomic E-state index is 0.0887. The highest BCUT2D eigenvalue weighted by molar-refractivity contribution is 5.77. The van der Waals surface area contributed by atoms with Gasteiger partial charge in [0.25, 0.3) is 0 Å². The van der Waals surface area contributed by atoms with Crippen LogP contribution in [0, 0.1) is 0 Å². The Labute approximate surface area is 88.7 Å². The molecule has 0 unspecified atom stereocenters. The fourth-order valence-corrected chi connectivity index (χ4v) is 1.16. The third-order valence-corrected chi connectivity index (χ3v) is 2.07. The van der Waals surface area contributed by atoms with Gasteiger partial charge >= 0.3 is 0 Å². The summed E-state index contributed by atoms with van der Waals surface area (Å²) in [5, 5.41) is 11.4. The van der Waals surface area contributed by atoms with Crippen molar-refractivity contribution in [3.63, 3.8) is 0 Å². The summed E-state index contributed by atoms with van der Waals surface area (Å²) in [6.45, 7) is 0.583.